The van der Waals surface area contributed by atoms with E-state index in [1.807, 2.05) is 6.20 Å². The first-order chi connectivity index (χ1) is 8.78. The summed E-state index contributed by atoms with van der Waals surface area (Å²) >= 11 is 0. The van der Waals surface area contributed by atoms with Crippen LogP contribution in [0.4, 0.5) is 5.69 Å². The number of anilines is 1. The Morgan fingerprint density at radius 2 is 2.28 bits per heavy atom. The molecule has 4 nitrogen and oxygen atoms in total. The van der Waals surface area contributed by atoms with Crippen LogP contribution in [0.5, 0.6) is 0 Å². The van der Waals surface area contributed by atoms with Crippen LogP contribution in [0.15, 0.2) is 18.3 Å². The Hall–Kier alpha value is -1.13. The quantitative estimate of drug-likeness (QED) is 0.882. The number of ether oxygens (including phenoxy) is 1. The maximum absolute atomic E-state index is 9.48. The van der Waals surface area contributed by atoms with Crippen LogP contribution >= 0.6 is 0 Å². The van der Waals surface area contributed by atoms with Gasteiger partial charge in [0.25, 0.3) is 0 Å². The van der Waals surface area contributed by atoms with E-state index in [9.17, 15) is 5.11 Å². The van der Waals surface area contributed by atoms with E-state index in [1.54, 1.807) is 7.11 Å². The van der Waals surface area contributed by atoms with Crippen LogP contribution in [-0.4, -0.2) is 42.5 Å². The van der Waals surface area contributed by atoms with Gasteiger partial charge in [0, 0.05) is 19.3 Å². The van der Waals surface area contributed by atoms with Crippen molar-refractivity contribution in [3.8, 4) is 0 Å². The van der Waals surface area contributed by atoms with Crippen LogP contribution in [0.1, 0.15) is 25.5 Å². The lowest BCUT2D eigenvalue weighted by atomic mass is 10.00. The van der Waals surface area contributed by atoms with Crippen molar-refractivity contribution in [1.29, 1.82) is 0 Å². The zero-order valence-electron chi connectivity index (χ0n) is 11.2. The van der Waals surface area contributed by atoms with Crippen molar-refractivity contribution in [2.45, 2.75) is 38.3 Å². The molecule has 0 unspecified atom stereocenters. The Kier molecular flexibility index (Phi) is 4.55. The first-order valence-electron chi connectivity index (χ1n) is 6.63. The molecule has 1 aliphatic rings. The number of methoxy groups -OCH3 is 1. The molecule has 1 aromatic rings. The summed E-state index contributed by atoms with van der Waals surface area (Å²) in [6, 6.07) is 4.33. The van der Waals surface area contributed by atoms with Crippen molar-refractivity contribution in [1.82, 2.24) is 4.98 Å². The molecule has 0 aliphatic carbocycles. The number of aliphatic hydroxyl groups excluding tert-OH is 1. The van der Waals surface area contributed by atoms with Crippen molar-refractivity contribution >= 4 is 5.69 Å². The number of nitrogens with zero attached hydrogens (tertiary/aromatic N) is 2. The maximum atomic E-state index is 9.48. The predicted octanol–water partition coefficient (Wildman–Crippen LogP) is 1.62. The number of pyridine rings is 1. The highest BCUT2D eigenvalue weighted by atomic mass is 16.5. The molecule has 1 saturated heterocycles. The smallest absolute Gasteiger partial charge is 0.0747 e. The van der Waals surface area contributed by atoms with Gasteiger partial charge in [0.15, 0.2) is 0 Å². The van der Waals surface area contributed by atoms with Gasteiger partial charge in [0.05, 0.1) is 30.6 Å². The van der Waals surface area contributed by atoms with Crippen LogP contribution in [-0.2, 0) is 11.2 Å². The van der Waals surface area contributed by atoms with Gasteiger partial charge in [-0.1, -0.05) is 6.92 Å². The van der Waals surface area contributed by atoms with Crippen LogP contribution in [0.25, 0.3) is 0 Å². The molecule has 2 atom stereocenters. The third-order valence-corrected chi connectivity index (χ3v) is 3.71. The van der Waals surface area contributed by atoms with E-state index >= 15 is 0 Å². The van der Waals surface area contributed by atoms with Crippen LogP contribution in [0.2, 0.25) is 0 Å². The van der Waals surface area contributed by atoms with E-state index in [2.05, 4.69) is 28.9 Å². The molecule has 2 heterocycles. The lowest BCUT2D eigenvalue weighted by molar-refractivity contribution is 0.0744. The summed E-state index contributed by atoms with van der Waals surface area (Å²) in [6.45, 7) is 3.11. The van der Waals surface area contributed by atoms with Crippen LogP contribution < -0.4 is 4.90 Å². The van der Waals surface area contributed by atoms with E-state index in [0.29, 0.717) is 0 Å². The second kappa shape index (κ2) is 6.16. The fraction of sp³-hybridized carbons (Fsp3) is 0.643. The molecular formula is C14H22N2O2. The monoisotopic (exact) mass is 250 g/mol. The number of hydrogen-bond donors (Lipinski definition) is 1. The molecule has 1 aliphatic heterocycles. The first kappa shape index (κ1) is 13.3. The molecule has 0 amide bonds. The van der Waals surface area contributed by atoms with E-state index in [4.69, 9.17) is 4.74 Å². The molecule has 0 spiro atoms. The molecule has 0 saturated carbocycles. The number of piperidine rings is 1. The Labute approximate surface area is 109 Å². The van der Waals surface area contributed by atoms with Gasteiger partial charge < -0.3 is 14.7 Å². The third-order valence-electron chi connectivity index (χ3n) is 3.71. The minimum atomic E-state index is 0.186. The summed E-state index contributed by atoms with van der Waals surface area (Å²) in [6.07, 6.45) is 5.08. The minimum Gasteiger partial charge on any atom is -0.394 e. The standard InChI is InChI=1S/C14H22N2O2/c1-3-11-4-5-12(8-15-11)16-9-14(18-2)7-6-13(16)10-17/h4-5,8,13-14,17H,3,6-7,9-10H2,1-2H3/t13-,14-/m0/s1. The average molecular weight is 250 g/mol. The normalized spacial score (nSPS) is 24.3. The molecule has 18 heavy (non-hydrogen) atoms. The Morgan fingerprint density at radius 3 is 2.83 bits per heavy atom. The highest BCUT2D eigenvalue weighted by Crippen LogP contribution is 2.25. The zero-order chi connectivity index (χ0) is 13.0. The molecule has 4 heteroatoms. The largest absolute Gasteiger partial charge is 0.394 e. The van der Waals surface area contributed by atoms with Crippen molar-refractivity contribution in [3.05, 3.63) is 24.0 Å². The highest BCUT2D eigenvalue weighted by molar-refractivity contribution is 5.46. The Bertz CT molecular complexity index is 367. The summed E-state index contributed by atoms with van der Waals surface area (Å²) in [5.41, 5.74) is 2.17. The second-order valence-corrected chi connectivity index (χ2v) is 4.79. The van der Waals surface area contributed by atoms with Gasteiger partial charge in [-0.25, -0.2) is 0 Å². The molecular weight excluding hydrogens is 228 g/mol. The molecule has 1 N–H and O–H groups in total. The number of rotatable bonds is 4. The van der Waals surface area contributed by atoms with E-state index in [1.165, 1.54) is 0 Å². The highest BCUT2D eigenvalue weighted by Gasteiger charge is 2.28. The summed E-state index contributed by atoms with van der Waals surface area (Å²) in [4.78, 5) is 6.64. The van der Waals surface area contributed by atoms with Gasteiger partial charge >= 0.3 is 0 Å². The van der Waals surface area contributed by atoms with Crippen molar-refractivity contribution in [3.63, 3.8) is 0 Å². The zero-order valence-corrected chi connectivity index (χ0v) is 11.2. The Morgan fingerprint density at radius 1 is 1.44 bits per heavy atom. The molecule has 0 radical (unpaired) electrons. The van der Waals surface area contributed by atoms with Gasteiger partial charge in [-0.3, -0.25) is 4.98 Å². The number of hydrogen-bond acceptors (Lipinski definition) is 4. The fourth-order valence-electron chi connectivity index (χ4n) is 2.49. The number of aromatic nitrogens is 1. The minimum absolute atomic E-state index is 0.186. The maximum Gasteiger partial charge on any atom is 0.0747 e. The van der Waals surface area contributed by atoms with E-state index in [-0.39, 0.29) is 18.8 Å². The van der Waals surface area contributed by atoms with Gasteiger partial charge in [0.1, 0.15) is 0 Å². The molecule has 100 valence electrons. The van der Waals surface area contributed by atoms with Gasteiger partial charge in [-0.2, -0.15) is 0 Å². The molecule has 1 fully saturated rings. The summed E-state index contributed by atoms with van der Waals surface area (Å²) in [7, 11) is 1.75. The summed E-state index contributed by atoms with van der Waals surface area (Å²) < 4.78 is 5.44. The Balaban J connectivity index is 2.15. The number of aryl methyl sites for hydroxylation is 1. The van der Waals surface area contributed by atoms with Crippen LogP contribution in [0.3, 0.4) is 0 Å². The SMILES string of the molecule is CCc1ccc(N2C[C@@H](OC)CC[C@H]2CO)cn1. The lowest BCUT2D eigenvalue weighted by Gasteiger charge is -2.39. The summed E-state index contributed by atoms with van der Waals surface area (Å²) in [5.74, 6) is 0. The molecule has 2 rings (SSSR count). The third kappa shape index (κ3) is 2.82. The van der Waals surface area contributed by atoms with Gasteiger partial charge in [-0.05, 0) is 31.4 Å². The average Bonchev–Trinajstić information content (AvgIpc) is 2.46. The first-order valence-corrected chi connectivity index (χ1v) is 6.63. The topological polar surface area (TPSA) is 45.6 Å². The van der Waals surface area contributed by atoms with Crippen molar-refractivity contribution in [2.24, 2.45) is 0 Å². The predicted molar refractivity (Wildman–Crippen MR) is 71.9 cm³/mol. The lowest BCUT2D eigenvalue weighted by Crippen LogP contribution is -2.48. The van der Waals surface area contributed by atoms with Crippen LogP contribution in [0, 0.1) is 0 Å². The van der Waals surface area contributed by atoms with Gasteiger partial charge in [0.2, 0.25) is 0 Å². The van der Waals surface area contributed by atoms with E-state index < -0.39 is 0 Å². The summed E-state index contributed by atoms with van der Waals surface area (Å²) in [5, 5.41) is 9.48. The van der Waals surface area contributed by atoms with Crippen molar-refractivity contribution in [2.75, 3.05) is 25.2 Å². The molecule has 0 aromatic carbocycles. The second-order valence-electron chi connectivity index (χ2n) is 4.79. The molecule has 0 bridgehead atoms. The number of aliphatic hydroxyl groups is 1. The fourth-order valence-corrected chi connectivity index (χ4v) is 2.49. The molecule has 1 aromatic heterocycles. The van der Waals surface area contributed by atoms with E-state index in [0.717, 1.165) is 37.2 Å². The van der Waals surface area contributed by atoms with Gasteiger partial charge in [-0.15, -0.1) is 0 Å². The van der Waals surface area contributed by atoms with Crippen molar-refractivity contribution < 1.29 is 9.84 Å².